The predicted molar refractivity (Wildman–Crippen MR) is 92.5 cm³/mol. The maximum absolute atomic E-state index is 11.4. The number of nitrogens with one attached hydrogen (secondary N) is 1. The largest absolute Gasteiger partial charge is 0.466 e. The summed E-state index contributed by atoms with van der Waals surface area (Å²) >= 11 is 3.44. The summed E-state index contributed by atoms with van der Waals surface area (Å²) in [6, 6.07) is 16.1. The number of rotatable bonds is 3. The van der Waals surface area contributed by atoms with Crippen LogP contribution in [0.25, 0.3) is 28.2 Å². The van der Waals surface area contributed by atoms with Crippen molar-refractivity contribution in [3.63, 3.8) is 0 Å². The number of benzene rings is 2. The average Bonchev–Trinajstić information content (AvgIpc) is 2.92. The van der Waals surface area contributed by atoms with Gasteiger partial charge in [0.05, 0.1) is 12.8 Å². The van der Waals surface area contributed by atoms with Gasteiger partial charge < -0.3 is 9.72 Å². The van der Waals surface area contributed by atoms with Crippen molar-refractivity contribution in [1.29, 1.82) is 0 Å². The molecule has 0 aliphatic heterocycles. The molecule has 0 fully saturated rings. The quantitative estimate of drug-likeness (QED) is 0.542. The molecule has 0 saturated carbocycles. The van der Waals surface area contributed by atoms with Crippen LogP contribution in [0.2, 0.25) is 0 Å². The maximum atomic E-state index is 11.4. The highest BCUT2D eigenvalue weighted by atomic mass is 79.9. The van der Waals surface area contributed by atoms with Crippen LogP contribution in [0.1, 0.15) is 5.56 Å². The fraction of sp³-hybridized carbons (Fsp3) is 0.0556. The molecule has 0 aliphatic rings. The van der Waals surface area contributed by atoms with Gasteiger partial charge in [-0.3, -0.25) is 0 Å². The van der Waals surface area contributed by atoms with Crippen molar-refractivity contribution in [2.75, 3.05) is 7.11 Å². The zero-order valence-corrected chi connectivity index (χ0v) is 13.6. The monoisotopic (exact) mass is 355 g/mol. The second-order valence-corrected chi connectivity index (χ2v) is 5.74. The number of carbonyl (C=O) groups is 1. The number of hydrogen-bond acceptors (Lipinski definition) is 2. The first kappa shape index (κ1) is 14.6. The van der Waals surface area contributed by atoms with Crippen molar-refractivity contribution in [3.05, 3.63) is 64.6 Å². The Morgan fingerprint density at radius 2 is 1.86 bits per heavy atom. The van der Waals surface area contributed by atoms with E-state index in [4.69, 9.17) is 0 Å². The molecule has 3 rings (SSSR count). The Morgan fingerprint density at radius 3 is 2.59 bits per heavy atom. The zero-order valence-electron chi connectivity index (χ0n) is 12.0. The van der Waals surface area contributed by atoms with E-state index in [-0.39, 0.29) is 5.97 Å². The molecule has 0 spiro atoms. The SMILES string of the molecule is COC(=O)/C=C/c1c(-c2ccc(Br)cc2)[nH]c2ccccc12. The summed E-state index contributed by atoms with van der Waals surface area (Å²) in [4.78, 5) is 14.8. The maximum Gasteiger partial charge on any atom is 0.330 e. The van der Waals surface area contributed by atoms with Crippen LogP contribution < -0.4 is 0 Å². The van der Waals surface area contributed by atoms with Gasteiger partial charge in [-0.25, -0.2) is 4.79 Å². The zero-order chi connectivity index (χ0) is 15.5. The number of esters is 1. The van der Waals surface area contributed by atoms with Crippen LogP contribution in [-0.4, -0.2) is 18.1 Å². The van der Waals surface area contributed by atoms with E-state index >= 15 is 0 Å². The summed E-state index contributed by atoms with van der Waals surface area (Å²) < 4.78 is 5.71. The molecule has 0 radical (unpaired) electrons. The van der Waals surface area contributed by atoms with Crippen molar-refractivity contribution in [2.24, 2.45) is 0 Å². The Balaban J connectivity index is 2.18. The van der Waals surface area contributed by atoms with Crippen LogP contribution in [-0.2, 0) is 9.53 Å². The standard InChI is InChI=1S/C18H14BrNO2/c1-22-17(21)11-10-15-14-4-2-3-5-16(14)20-18(15)12-6-8-13(19)9-7-12/h2-11,20H,1H3/b11-10+. The molecular weight excluding hydrogens is 342 g/mol. The van der Waals surface area contributed by atoms with E-state index in [0.29, 0.717) is 0 Å². The Bertz CT molecular complexity index is 847. The third kappa shape index (κ3) is 2.83. The summed E-state index contributed by atoms with van der Waals surface area (Å²) in [5.74, 6) is -0.368. The lowest BCUT2D eigenvalue weighted by Gasteiger charge is -2.01. The minimum absolute atomic E-state index is 0.368. The van der Waals surface area contributed by atoms with E-state index in [1.165, 1.54) is 13.2 Å². The molecule has 3 nitrogen and oxygen atoms in total. The molecule has 0 unspecified atom stereocenters. The van der Waals surface area contributed by atoms with Crippen molar-refractivity contribution >= 4 is 38.9 Å². The number of carbonyl (C=O) groups excluding carboxylic acids is 1. The lowest BCUT2D eigenvalue weighted by atomic mass is 10.0. The minimum Gasteiger partial charge on any atom is -0.466 e. The highest BCUT2D eigenvalue weighted by Crippen LogP contribution is 2.32. The number of hydrogen-bond donors (Lipinski definition) is 1. The molecule has 1 heterocycles. The lowest BCUT2D eigenvalue weighted by Crippen LogP contribution is -1.93. The number of aromatic amines is 1. The van der Waals surface area contributed by atoms with Crippen LogP contribution >= 0.6 is 15.9 Å². The van der Waals surface area contributed by atoms with Crippen LogP contribution in [0.5, 0.6) is 0 Å². The fourth-order valence-electron chi connectivity index (χ4n) is 2.40. The second kappa shape index (κ2) is 6.20. The molecule has 3 aromatic rings. The molecule has 0 aliphatic carbocycles. The van der Waals surface area contributed by atoms with Crippen LogP contribution in [0, 0.1) is 0 Å². The topological polar surface area (TPSA) is 42.1 Å². The van der Waals surface area contributed by atoms with Gasteiger partial charge in [-0.2, -0.15) is 0 Å². The summed E-state index contributed by atoms with van der Waals surface area (Å²) in [6.45, 7) is 0. The summed E-state index contributed by atoms with van der Waals surface area (Å²) in [6.07, 6.45) is 3.24. The first-order valence-corrected chi connectivity index (χ1v) is 7.61. The smallest absolute Gasteiger partial charge is 0.330 e. The van der Waals surface area contributed by atoms with Gasteiger partial charge in [0.25, 0.3) is 0 Å². The molecular formula is C18H14BrNO2. The summed E-state index contributed by atoms with van der Waals surface area (Å²) in [7, 11) is 1.37. The van der Waals surface area contributed by atoms with Gasteiger partial charge in [0.2, 0.25) is 0 Å². The predicted octanol–water partition coefficient (Wildman–Crippen LogP) is 4.78. The van der Waals surface area contributed by atoms with E-state index in [1.807, 2.05) is 48.5 Å². The van der Waals surface area contributed by atoms with Crippen molar-refractivity contribution in [3.8, 4) is 11.3 Å². The van der Waals surface area contributed by atoms with Gasteiger partial charge in [-0.05, 0) is 29.8 Å². The van der Waals surface area contributed by atoms with E-state index in [9.17, 15) is 4.79 Å². The van der Waals surface area contributed by atoms with Crippen LogP contribution in [0.15, 0.2) is 59.1 Å². The molecule has 1 N–H and O–H groups in total. The number of methoxy groups -OCH3 is 1. The molecule has 1 aromatic heterocycles. The highest BCUT2D eigenvalue weighted by Gasteiger charge is 2.11. The van der Waals surface area contributed by atoms with Gasteiger partial charge in [0.15, 0.2) is 0 Å². The Labute approximate surface area is 136 Å². The first-order chi connectivity index (χ1) is 10.7. The third-order valence-electron chi connectivity index (χ3n) is 3.47. The summed E-state index contributed by atoms with van der Waals surface area (Å²) in [5.41, 5.74) is 4.05. The van der Waals surface area contributed by atoms with Crippen LogP contribution in [0.4, 0.5) is 0 Å². The van der Waals surface area contributed by atoms with Gasteiger partial charge >= 0.3 is 5.97 Å². The molecule has 22 heavy (non-hydrogen) atoms. The Morgan fingerprint density at radius 1 is 1.14 bits per heavy atom. The normalized spacial score (nSPS) is 11.2. The van der Waals surface area contributed by atoms with E-state index in [1.54, 1.807) is 6.08 Å². The van der Waals surface area contributed by atoms with Gasteiger partial charge in [0.1, 0.15) is 0 Å². The minimum atomic E-state index is -0.368. The molecule has 2 aromatic carbocycles. The highest BCUT2D eigenvalue weighted by molar-refractivity contribution is 9.10. The number of H-pyrrole nitrogens is 1. The van der Waals surface area contributed by atoms with Gasteiger partial charge in [0, 0.05) is 27.0 Å². The molecule has 0 amide bonds. The summed E-state index contributed by atoms with van der Waals surface area (Å²) in [5, 5.41) is 1.07. The molecule has 0 saturated heterocycles. The molecule has 0 atom stereocenters. The van der Waals surface area contributed by atoms with Gasteiger partial charge in [-0.15, -0.1) is 0 Å². The molecule has 0 bridgehead atoms. The van der Waals surface area contributed by atoms with Gasteiger partial charge in [-0.1, -0.05) is 46.3 Å². The van der Waals surface area contributed by atoms with Crippen LogP contribution in [0.3, 0.4) is 0 Å². The first-order valence-electron chi connectivity index (χ1n) is 6.81. The number of ether oxygens (including phenoxy) is 1. The molecule has 110 valence electrons. The van der Waals surface area contributed by atoms with E-state index in [2.05, 4.69) is 25.7 Å². The van der Waals surface area contributed by atoms with Crippen molar-refractivity contribution < 1.29 is 9.53 Å². The number of halogens is 1. The van der Waals surface area contributed by atoms with Crippen molar-refractivity contribution in [1.82, 2.24) is 4.98 Å². The second-order valence-electron chi connectivity index (χ2n) is 4.82. The number of aromatic nitrogens is 1. The van der Waals surface area contributed by atoms with E-state index in [0.717, 1.165) is 32.2 Å². The third-order valence-corrected chi connectivity index (χ3v) is 4.00. The molecule has 4 heteroatoms. The number of fused-ring (bicyclic) bond motifs is 1. The average molecular weight is 356 g/mol. The Kier molecular flexibility index (Phi) is 4.11. The lowest BCUT2D eigenvalue weighted by molar-refractivity contribution is -0.134. The van der Waals surface area contributed by atoms with Crippen molar-refractivity contribution in [2.45, 2.75) is 0 Å². The Hall–Kier alpha value is -2.33. The fourth-order valence-corrected chi connectivity index (χ4v) is 2.66. The number of para-hydroxylation sites is 1. The van der Waals surface area contributed by atoms with E-state index < -0.39 is 0 Å².